The van der Waals surface area contributed by atoms with Gasteiger partial charge in [-0.1, -0.05) is 35.3 Å². The number of anilines is 3. The summed E-state index contributed by atoms with van der Waals surface area (Å²) in [5.41, 5.74) is 2.38. The highest BCUT2D eigenvalue weighted by Gasteiger charge is 2.39. The number of carbonyl (C=O) groups excluding carboxylic acids is 4. The lowest BCUT2D eigenvalue weighted by atomic mass is 10.1. The highest BCUT2D eigenvalue weighted by Crippen LogP contribution is 2.33. The molecular formula is C26H19Cl2N3O5. The lowest BCUT2D eigenvalue weighted by Crippen LogP contribution is -2.32. The van der Waals surface area contributed by atoms with Gasteiger partial charge in [-0.2, -0.15) is 0 Å². The second kappa shape index (κ2) is 10.2. The molecule has 1 aliphatic heterocycles. The Morgan fingerprint density at radius 1 is 0.861 bits per heavy atom. The fourth-order valence-electron chi connectivity index (χ4n) is 3.55. The van der Waals surface area contributed by atoms with Crippen molar-refractivity contribution >= 4 is 64.0 Å². The third-order valence-electron chi connectivity index (χ3n) is 5.40. The zero-order valence-corrected chi connectivity index (χ0v) is 20.6. The third-order valence-corrected chi connectivity index (χ3v) is 5.98. The summed E-state index contributed by atoms with van der Waals surface area (Å²) in [5, 5.41) is 5.68. The van der Waals surface area contributed by atoms with Crippen LogP contribution < -0.4 is 15.5 Å². The third kappa shape index (κ3) is 4.95. The average Bonchev–Trinajstić information content (AvgIpc) is 3.08. The lowest BCUT2D eigenvalue weighted by molar-refractivity contribution is -0.120. The Labute approximate surface area is 216 Å². The van der Waals surface area contributed by atoms with Gasteiger partial charge in [-0.3, -0.25) is 14.4 Å². The number of benzene rings is 3. The normalized spacial score (nSPS) is 13.2. The molecule has 0 saturated carbocycles. The van der Waals surface area contributed by atoms with Crippen molar-refractivity contribution in [1.82, 2.24) is 0 Å². The highest BCUT2D eigenvalue weighted by atomic mass is 35.5. The van der Waals surface area contributed by atoms with Crippen LogP contribution in [0.1, 0.15) is 26.3 Å². The molecule has 3 aromatic rings. The van der Waals surface area contributed by atoms with Crippen LogP contribution in [-0.2, 0) is 14.3 Å². The van der Waals surface area contributed by atoms with Crippen LogP contribution in [0.5, 0.6) is 0 Å². The van der Waals surface area contributed by atoms with E-state index < -0.39 is 23.7 Å². The lowest BCUT2D eigenvalue weighted by Gasteiger charge is -2.18. The van der Waals surface area contributed by atoms with E-state index in [2.05, 4.69) is 15.4 Å². The second-order valence-corrected chi connectivity index (χ2v) is 8.61. The van der Waals surface area contributed by atoms with Crippen LogP contribution in [0, 0.1) is 6.92 Å². The summed E-state index contributed by atoms with van der Waals surface area (Å²) in [5.74, 6) is -2.23. The van der Waals surface area contributed by atoms with Gasteiger partial charge in [-0.05, 0) is 67.1 Å². The summed E-state index contributed by atoms with van der Waals surface area (Å²) in [7, 11) is 1.28. The quantitative estimate of drug-likeness (QED) is 0.343. The van der Waals surface area contributed by atoms with E-state index in [4.69, 9.17) is 23.2 Å². The molecule has 0 aliphatic carbocycles. The van der Waals surface area contributed by atoms with E-state index in [1.165, 1.54) is 31.4 Å². The van der Waals surface area contributed by atoms with E-state index in [1.54, 1.807) is 49.4 Å². The maximum atomic E-state index is 13.1. The summed E-state index contributed by atoms with van der Waals surface area (Å²) in [6.07, 6.45) is 0. The summed E-state index contributed by atoms with van der Waals surface area (Å²) in [6, 6.07) is 17.4. The molecule has 0 radical (unpaired) electrons. The van der Waals surface area contributed by atoms with Crippen molar-refractivity contribution < 1.29 is 23.9 Å². The van der Waals surface area contributed by atoms with Crippen LogP contribution >= 0.6 is 23.2 Å². The zero-order chi connectivity index (χ0) is 26.0. The summed E-state index contributed by atoms with van der Waals surface area (Å²) in [4.78, 5) is 51.2. The minimum absolute atomic E-state index is 0.114. The van der Waals surface area contributed by atoms with E-state index in [0.29, 0.717) is 33.2 Å². The predicted octanol–water partition coefficient (Wildman–Crippen LogP) is 5.12. The molecule has 0 fully saturated rings. The molecule has 0 spiro atoms. The topological polar surface area (TPSA) is 105 Å². The maximum Gasteiger partial charge on any atom is 0.337 e. The number of aryl methyl sites for hydroxylation is 1. The molecule has 1 heterocycles. The Morgan fingerprint density at radius 2 is 1.58 bits per heavy atom. The fourth-order valence-corrected chi connectivity index (χ4v) is 3.93. The molecule has 0 bridgehead atoms. The predicted molar refractivity (Wildman–Crippen MR) is 137 cm³/mol. The number of nitrogens with zero attached hydrogens (tertiary/aromatic N) is 1. The van der Waals surface area contributed by atoms with Gasteiger partial charge in [0.1, 0.15) is 10.7 Å². The summed E-state index contributed by atoms with van der Waals surface area (Å²) >= 11 is 12.3. The molecule has 1 aliphatic rings. The van der Waals surface area contributed by atoms with Crippen molar-refractivity contribution in [2.75, 3.05) is 22.6 Å². The minimum atomic E-state index is -0.682. The Morgan fingerprint density at radius 3 is 2.28 bits per heavy atom. The van der Waals surface area contributed by atoms with Crippen molar-refractivity contribution in [3.05, 3.63) is 99.2 Å². The van der Waals surface area contributed by atoms with Gasteiger partial charge in [0, 0.05) is 22.0 Å². The van der Waals surface area contributed by atoms with Crippen LogP contribution in [-0.4, -0.2) is 30.8 Å². The van der Waals surface area contributed by atoms with Crippen LogP contribution in [0.3, 0.4) is 0 Å². The van der Waals surface area contributed by atoms with Gasteiger partial charge in [0.05, 0.1) is 18.4 Å². The molecule has 2 N–H and O–H groups in total. The Balaban J connectivity index is 1.51. The molecule has 0 saturated heterocycles. The Kier molecular flexibility index (Phi) is 7.10. The minimum Gasteiger partial charge on any atom is -0.465 e. The standard InChI is InChI=1S/C26H19Cl2N3O5/c1-14-6-9-17(27)13-20(14)31-24(33)21(28)22(25(31)34)29-19-5-3-4-16(12-19)23(32)30-18-10-7-15(8-11-18)26(35)36-2/h3-13,29H,1-2H3,(H,30,32). The van der Waals surface area contributed by atoms with Gasteiger partial charge in [-0.25, -0.2) is 9.69 Å². The number of amides is 3. The fraction of sp³-hybridized carbons (Fsp3) is 0.0769. The largest absolute Gasteiger partial charge is 0.465 e. The maximum absolute atomic E-state index is 13.1. The molecule has 8 nitrogen and oxygen atoms in total. The van der Waals surface area contributed by atoms with Crippen molar-refractivity contribution in [1.29, 1.82) is 0 Å². The van der Waals surface area contributed by atoms with E-state index in [9.17, 15) is 19.2 Å². The van der Waals surface area contributed by atoms with Crippen LogP contribution in [0.25, 0.3) is 0 Å². The molecule has 3 amide bonds. The van der Waals surface area contributed by atoms with Gasteiger partial charge in [0.2, 0.25) is 0 Å². The van der Waals surface area contributed by atoms with Gasteiger partial charge in [0.15, 0.2) is 0 Å². The van der Waals surface area contributed by atoms with E-state index >= 15 is 0 Å². The molecule has 3 aromatic carbocycles. The van der Waals surface area contributed by atoms with E-state index in [-0.39, 0.29) is 16.3 Å². The summed E-state index contributed by atoms with van der Waals surface area (Å²) in [6.45, 7) is 1.75. The number of methoxy groups -OCH3 is 1. The second-order valence-electron chi connectivity index (χ2n) is 7.79. The number of halogens is 2. The van der Waals surface area contributed by atoms with Crippen LogP contribution in [0.2, 0.25) is 5.02 Å². The van der Waals surface area contributed by atoms with Crippen molar-refractivity contribution in [2.45, 2.75) is 6.92 Å². The van der Waals surface area contributed by atoms with Gasteiger partial charge < -0.3 is 15.4 Å². The molecular weight excluding hydrogens is 505 g/mol. The first-order chi connectivity index (χ1) is 17.2. The van der Waals surface area contributed by atoms with Crippen molar-refractivity contribution in [2.24, 2.45) is 0 Å². The first-order valence-electron chi connectivity index (χ1n) is 10.6. The Bertz CT molecular complexity index is 1430. The van der Waals surface area contributed by atoms with Crippen molar-refractivity contribution in [3.8, 4) is 0 Å². The average molecular weight is 524 g/mol. The van der Waals surface area contributed by atoms with Crippen molar-refractivity contribution in [3.63, 3.8) is 0 Å². The number of rotatable bonds is 6. The van der Waals surface area contributed by atoms with Crippen LogP contribution in [0.15, 0.2) is 77.5 Å². The first-order valence-corrected chi connectivity index (χ1v) is 11.4. The number of esters is 1. The molecule has 10 heteroatoms. The molecule has 182 valence electrons. The Hall–Kier alpha value is -4.14. The van der Waals surface area contributed by atoms with E-state index in [0.717, 1.165) is 4.90 Å². The SMILES string of the molecule is COC(=O)c1ccc(NC(=O)c2cccc(NC3=C(Cl)C(=O)N(c4cc(Cl)ccc4C)C3=O)c2)cc1. The smallest absolute Gasteiger partial charge is 0.337 e. The number of imide groups is 1. The number of hydrogen-bond donors (Lipinski definition) is 2. The van der Waals surface area contributed by atoms with Crippen LogP contribution in [0.4, 0.5) is 17.1 Å². The van der Waals surface area contributed by atoms with E-state index in [1.807, 2.05) is 0 Å². The van der Waals surface area contributed by atoms with Gasteiger partial charge in [0.25, 0.3) is 17.7 Å². The van der Waals surface area contributed by atoms with Gasteiger partial charge >= 0.3 is 5.97 Å². The molecule has 0 unspecified atom stereocenters. The highest BCUT2D eigenvalue weighted by molar-refractivity contribution is 6.53. The monoisotopic (exact) mass is 523 g/mol. The number of carbonyl (C=O) groups is 4. The molecule has 0 aromatic heterocycles. The first kappa shape index (κ1) is 25.0. The zero-order valence-electron chi connectivity index (χ0n) is 19.1. The number of ether oxygens (including phenoxy) is 1. The molecule has 4 rings (SSSR count). The summed E-state index contributed by atoms with van der Waals surface area (Å²) < 4.78 is 4.66. The molecule has 0 atom stereocenters. The number of nitrogens with one attached hydrogen (secondary N) is 2. The molecule has 36 heavy (non-hydrogen) atoms. The van der Waals surface area contributed by atoms with Gasteiger partial charge in [-0.15, -0.1) is 0 Å². The number of hydrogen-bond acceptors (Lipinski definition) is 6.